The summed E-state index contributed by atoms with van der Waals surface area (Å²) in [5.74, 6) is 5.37. The zero-order chi connectivity index (χ0) is 14.4. The summed E-state index contributed by atoms with van der Waals surface area (Å²) in [6.07, 6.45) is 3.00. The summed E-state index contributed by atoms with van der Waals surface area (Å²) in [6.45, 7) is 2.11. The van der Waals surface area contributed by atoms with E-state index in [1.54, 1.807) is 18.3 Å². The molecule has 0 saturated heterocycles. The SMILES string of the molecule is Cc1cnc(C(=O)Nc2cccc(C#CCN)c2)cn1. The number of aromatic nitrogens is 2. The Labute approximate surface area is 117 Å². The molecule has 5 heteroatoms. The van der Waals surface area contributed by atoms with Crippen molar-refractivity contribution in [2.75, 3.05) is 11.9 Å². The number of aryl methyl sites for hydroxylation is 1. The van der Waals surface area contributed by atoms with Crippen LogP contribution in [-0.2, 0) is 0 Å². The van der Waals surface area contributed by atoms with Gasteiger partial charge in [-0.25, -0.2) is 4.98 Å². The summed E-state index contributed by atoms with van der Waals surface area (Å²) in [5.41, 5.74) is 7.81. The zero-order valence-corrected chi connectivity index (χ0v) is 11.1. The minimum absolute atomic E-state index is 0.272. The normalized spacial score (nSPS) is 9.50. The van der Waals surface area contributed by atoms with Gasteiger partial charge in [0.25, 0.3) is 5.91 Å². The first-order valence-electron chi connectivity index (χ1n) is 6.08. The van der Waals surface area contributed by atoms with E-state index in [2.05, 4.69) is 27.1 Å². The van der Waals surface area contributed by atoms with Crippen LogP contribution in [0, 0.1) is 18.8 Å². The molecule has 0 fully saturated rings. The molecule has 5 nitrogen and oxygen atoms in total. The van der Waals surface area contributed by atoms with E-state index in [0.717, 1.165) is 11.3 Å². The van der Waals surface area contributed by atoms with Crippen molar-refractivity contribution in [2.45, 2.75) is 6.92 Å². The molecule has 2 rings (SSSR count). The lowest BCUT2D eigenvalue weighted by Gasteiger charge is -2.05. The van der Waals surface area contributed by atoms with Gasteiger partial charge in [-0.05, 0) is 25.1 Å². The Kier molecular flexibility index (Phi) is 4.43. The van der Waals surface area contributed by atoms with Crippen molar-refractivity contribution < 1.29 is 4.79 Å². The second kappa shape index (κ2) is 6.45. The first kappa shape index (κ1) is 13.7. The van der Waals surface area contributed by atoms with Crippen LogP contribution in [0.15, 0.2) is 36.7 Å². The lowest BCUT2D eigenvalue weighted by atomic mass is 10.2. The first-order chi connectivity index (χ1) is 9.69. The molecule has 0 spiro atoms. The lowest BCUT2D eigenvalue weighted by Crippen LogP contribution is -2.14. The van der Waals surface area contributed by atoms with Crippen LogP contribution in [0.4, 0.5) is 5.69 Å². The van der Waals surface area contributed by atoms with E-state index in [4.69, 9.17) is 5.73 Å². The van der Waals surface area contributed by atoms with Crippen molar-refractivity contribution in [2.24, 2.45) is 5.73 Å². The van der Waals surface area contributed by atoms with Crippen LogP contribution in [-0.4, -0.2) is 22.4 Å². The van der Waals surface area contributed by atoms with Crippen LogP contribution >= 0.6 is 0 Å². The Balaban J connectivity index is 2.13. The van der Waals surface area contributed by atoms with Gasteiger partial charge in [0.1, 0.15) is 5.69 Å². The van der Waals surface area contributed by atoms with Crippen molar-refractivity contribution in [1.82, 2.24) is 9.97 Å². The standard InChI is InChI=1S/C15H14N4O/c1-11-9-18-14(10-17-11)15(20)19-13-6-2-4-12(8-13)5-3-7-16/h2,4,6,8-10H,7,16H2,1H3,(H,19,20). The van der Waals surface area contributed by atoms with Gasteiger partial charge in [0.05, 0.1) is 18.4 Å². The Morgan fingerprint density at radius 2 is 2.20 bits per heavy atom. The summed E-state index contributed by atoms with van der Waals surface area (Å²) in [7, 11) is 0. The molecule has 20 heavy (non-hydrogen) atoms. The average molecular weight is 266 g/mol. The number of anilines is 1. The van der Waals surface area contributed by atoms with E-state index in [0.29, 0.717) is 12.2 Å². The number of nitrogens with zero attached hydrogens (tertiary/aromatic N) is 2. The number of nitrogens with two attached hydrogens (primary N) is 1. The number of hydrogen-bond donors (Lipinski definition) is 2. The Bertz CT molecular complexity index is 668. The Hall–Kier alpha value is -2.71. The molecule has 0 saturated carbocycles. The van der Waals surface area contributed by atoms with E-state index in [9.17, 15) is 4.79 Å². The molecule has 0 unspecified atom stereocenters. The number of amides is 1. The highest BCUT2D eigenvalue weighted by Crippen LogP contribution is 2.11. The predicted molar refractivity (Wildman–Crippen MR) is 77.1 cm³/mol. The fourth-order valence-electron chi connectivity index (χ4n) is 1.53. The molecule has 0 atom stereocenters. The third kappa shape index (κ3) is 3.64. The van der Waals surface area contributed by atoms with Crippen molar-refractivity contribution in [3.05, 3.63) is 53.6 Å². The minimum Gasteiger partial charge on any atom is -0.321 e. The molecule has 0 aliphatic rings. The minimum atomic E-state index is -0.304. The van der Waals surface area contributed by atoms with Gasteiger partial charge in [-0.1, -0.05) is 17.9 Å². The smallest absolute Gasteiger partial charge is 0.275 e. The van der Waals surface area contributed by atoms with Crippen LogP contribution in [0.25, 0.3) is 0 Å². The largest absolute Gasteiger partial charge is 0.321 e. The highest BCUT2D eigenvalue weighted by Gasteiger charge is 2.07. The molecular formula is C15H14N4O. The molecule has 100 valence electrons. The maximum atomic E-state index is 12.0. The average Bonchev–Trinajstić information content (AvgIpc) is 2.46. The molecule has 3 N–H and O–H groups in total. The van der Waals surface area contributed by atoms with E-state index >= 15 is 0 Å². The van der Waals surface area contributed by atoms with Crippen LogP contribution in [0.1, 0.15) is 21.7 Å². The van der Waals surface area contributed by atoms with Gasteiger partial charge in [0.15, 0.2) is 0 Å². The summed E-state index contributed by atoms with van der Waals surface area (Å²) < 4.78 is 0. The van der Waals surface area contributed by atoms with Gasteiger partial charge in [-0.15, -0.1) is 0 Å². The van der Waals surface area contributed by atoms with Crippen LogP contribution in [0.2, 0.25) is 0 Å². The third-order valence-corrected chi connectivity index (χ3v) is 2.47. The predicted octanol–water partition coefficient (Wildman–Crippen LogP) is 1.35. The number of carbonyl (C=O) groups excluding carboxylic acids is 1. The number of hydrogen-bond acceptors (Lipinski definition) is 4. The van der Waals surface area contributed by atoms with E-state index in [1.807, 2.05) is 19.1 Å². The summed E-state index contributed by atoms with van der Waals surface area (Å²) in [5, 5.41) is 2.75. The second-order valence-corrected chi connectivity index (χ2v) is 4.08. The highest BCUT2D eigenvalue weighted by atomic mass is 16.1. The maximum Gasteiger partial charge on any atom is 0.275 e. The van der Waals surface area contributed by atoms with Gasteiger partial charge < -0.3 is 11.1 Å². The fraction of sp³-hybridized carbons (Fsp3) is 0.133. The lowest BCUT2D eigenvalue weighted by molar-refractivity contribution is 0.102. The fourth-order valence-corrected chi connectivity index (χ4v) is 1.53. The van der Waals surface area contributed by atoms with Gasteiger partial charge in [0.2, 0.25) is 0 Å². The molecule has 0 radical (unpaired) electrons. The second-order valence-electron chi connectivity index (χ2n) is 4.08. The summed E-state index contributed by atoms with van der Waals surface area (Å²) >= 11 is 0. The molecule has 1 aromatic heterocycles. The molecule has 0 bridgehead atoms. The van der Waals surface area contributed by atoms with Gasteiger partial charge >= 0.3 is 0 Å². The monoisotopic (exact) mass is 266 g/mol. The van der Waals surface area contributed by atoms with Crippen molar-refractivity contribution in [1.29, 1.82) is 0 Å². The zero-order valence-electron chi connectivity index (χ0n) is 11.1. The molecule has 1 aromatic carbocycles. The Morgan fingerprint density at radius 1 is 1.35 bits per heavy atom. The van der Waals surface area contributed by atoms with Gasteiger partial charge in [-0.3, -0.25) is 9.78 Å². The van der Waals surface area contributed by atoms with E-state index < -0.39 is 0 Å². The highest BCUT2D eigenvalue weighted by molar-refractivity contribution is 6.02. The number of nitrogens with one attached hydrogen (secondary N) is 1. The molecular weight excluding hydrogens is 252 g/mol. The van der Waals surface area contributed by atoms with Crippen molar-refractivity contribution in [3.63, 3.8) is 0 Å². The number of benzene rings is 1. The van der Waals surface area contributed by atoms with Crippen molar-refractivity contribution in [3.8, 4) is 11.8 Å². The maximum absolute atomic E-state index is 12.0. The van der Waals surface area contributed by atoms with Crippen molar-refractivity contribution >= 4 is 11.6 Å². The molecule has 1 amide bonds. The van der Waals surface area contributed by atoms with Gasteiger partial charge in [0, 0.05) is 17.4 Å². The Morgan fingerprint density at radius 3 is 2.90 bits per heavy atom. The topological polar surface area (TPSA) is 80.9 Å². The van der Waals surface area contributed by atoms with E-state index in [1.165, 1.54) is 6.20 Å². The summed E-state index contributed by atoms with van der Waals surface area (Å²) in [4.78, 5) is 20.0. The van der Waals surface area contributed by atoms with E-state index in [-0.39, 0.29) is 11.6 Å². The quantitative estimate of drug-likeness (QED) is 0.804. The molecule has 0 aliphatic heterocycles. The molecule has 0 aliphatic carbocycles. The third-order valence-electron chi connectivity index (χ3n) is 2.47. The first-order valence-corrected chi connectivity index (χ1v) is 6.08. The molecule has 2 aromatic rings. The van der Waals surface area contributed by atoms with Gasteiger partial charge in [-0.2, -0.15) is 0 Å². The van der Waals surface area contributed by atoms with Crippen LogP contribution in [0.5, 0.6) is 0 Å². The number of rotatable bonds is 2. The summed E-state index contributed by atoms with van der Waals surface area (Å²) in [6, 6.07) is 7.23. The molecule has 1 heterocycles. The van der Waals surface area contributed by atoms with Crippen LogP contribution in [0.3, 0.4) is 0 Å². The van der Waals surface area contributed by atoms with Crippen LogP contribution < -0.4 is 11.1 Å². The number of carbonyl (C=O) groups is 1.